The van der Waals surface area contributed by atoms with Gasteiger partial charge in [0.2, 0.25) is 0 Å². The molecule has 0 radical (unpaired) electrons. The number of amides is 1. The number of hydrogen-bond acceptors (Lipinski definition) is 3. The number of carbonyl (C=O) groups is 1. The Kier molecular flexibility index (Phi) is 3.34. The Labute approximate surface area is 110 Å². The average Bonchev–Trinajstić information content (AvgIpc) is 2.63. The number of hydrogen-bond donors (Lipinski definition) is 1. The molecule has 0 aromatic carbocycles. The van der Waals surface area contributed by atoms with Gasteiger partial charge in [0.25, 0.3) is 5.91 Å². The van der Waals surface area contributed by atoms with Crippen LogP contribution in [0.15, 0.2) is 18.3 Å². The van der Waals surface area contributed by atoms with Crippen molar-refractivity contribution in [1.29, 1.82) is 0 Å². The van der Waals surface area contributed by atoms with Crippen LogP contribution in [0.4, 0.5) is 5.69 Å². The summed E-state index contributed by atoms with van der Waals surface area (Å²) < 4.78 is 1.54. The molecule has 94 valence electrons. The smallest absolute Gasteiger partial charge is 0.273 e. The number of pyridine rings is 1. The first-order chi connectivity index (χ1) is 8.47. The second-order valence-corrected chi connectivity index (χ2v) is 4.44. The number of halogens is 1. The highest BCUT2D eigenvalue weighted by molar-refractivity contribution is 6.30. The molecule has 0 saturated carbocycles. The molecule has 0 bridgehead atoms. The lowest BCUT2D eigenvalue weighted by atomic mass is 10.3. The third-order valence-corrected chi connectivity index (χ3v) is 2.90. The van der Waals surface area contributed by atoms with E-state index in [-0.39, 0.29) is 5.91 Å². The molecular formula is C12H13ClN4O. The highest BCUT2D eigenvalue weighted by Gasteiger charge is 2.12. The van der Waals surface area contributed by atoms with Gasteiger partial charge in [0.05, 0.1) is 17.6 Å². The molecule has 0 aliphatic heterocycles. The SMILES string of the molecule is Cc1cc(C(=O)Nc2cnc(Cl)c(C)c2)n(C)n1. The van der Waals surface area contributed by atoms with Gasteiger partial charge in [-0.2, -0.15) is 5.10 Å². The number of aryl methyl sites for hydroxylation is 3. The summed E-state index contributed by atoms with van der Waals surface area (Å²) in [6, 6.07) is 3.50. The van der Waals surface area contributed by atoms with Crippen LogP contribution < -0.4 is 5.32 Å². The minimum absolute atomic E-state index is 0.221. The molecule has 0 atom stereocenters. The van der Waals surface area contributed by atoms with E-state index in [1.54, 1.807) is 23.9 Å². The number of nitrogens with zero attached hydrogens (tertiary/aromatic N) is 3. The van der Waals surface area contributed by atoms with Gasteiger partial charge in [-0.05, 0) is 31.5 Å². The van der Waals surface area contributed by atoms with E-state index in [1.165, 1.54) is 6.20 Å². The molecule has 0 aliphatic carbocycles. The fraction of sp³-hybridized carbons (Fsp3) is 0.250. The lowest BCUT2D eigenvalue weighted by molar-refractivity contribution is 0.101. The van der Waals surface area contributed by atoms with E-state index >= 15 is 0 Å². The quantitative estimate of drug-likeness (QED) is 0.847. The van der Waals surface area contributed by atoms with Crippen LogP contribution in [0, 0.1) is 13.8 Å². The van der Waals surface area contributed by atoms with Gasteiger partial charge in [-0.25, -0.2) is 4.98 Å². The van der Waals surface area contributed by atoms with Crippen LogP contribution in [0.1, 0.15) is 21.7 Å². The lowest BCUT2D eigenvalue weighted by Gasteiger charge is -2.06. The van der Waals surface area contributed by atoms with E-state index in [0.29, 0.717) is 16.5 Å². The molecule has 6 heteroatoms. The van der Waals surface area contributed by atoms with Gasteiger partial charge < -0.3 is 5.32 Å². The summed E-state index contributed by atoms with van der Waals surface area (Å²) in [7, 11) is 1.73. The molecule has 0 unspecified atom stereocenters. The van der Waals surface area contributed by atoms with E-state index in [2.05, 4.69) is 15.4 Å². The molecule has 5 nitrogen and oxygen atoms in total. The Morgan fingerprint density at radius 3 is 2.67 bits per heavy atom. The second kappa shape index (κ2) is 4.78. The molecule has 18 heavy (non-hydrogen) atoms. The van der Waals surface area contributed by atoms with Crippen LogP contribution in [0.25, 0.3) is 0 Å². The molecule has 1 N–H and O–H groups in total. The average molecular weight is 265 g/mol. The summed E-state index contributed by atoms with van der Waals surface area (Å²) in [4.78, 5) is 16.0. The van der Waals surface area contributed by atoms with Gasteiger partial charge in [-0.3, -0.25) is 9.48 Å². The van der Waals surface area contributed by atoms with Gasteiger partial charge in [0, 0.05) is 7.05 Å². The topological polar surface area (TPSA) is 59.8 Å². The summed E-state index contributed by atoms with van der Waals surface area (Å²) in [6.07, 6.45) is 1.52. The Hall–Kier alpha value is -1.88. The van der Waals surface area contributed by atoms with Crippen LogP contribution in [0.5, 0.6) is 0 Å². The first-order valence-electron chi connectivity index (χ1n) is 5.41. The molecular weight excluding hydrogens is 252 g/mol. The van der Waals surface area contributed by atoms with Crippen LogP contribution in [-0.4, -0.2) is 20.7 Å². The van der Waals surface area contributed by atoms with Crippen molar-refractivity contribution in [3.05, 3.63) is 40.4 Å². The van der Waals surface area contributed by atoms with Gasteiger partial charge in [-0.15, -0.1) is 0 Å². The predicted octanol–water partition coefficient (Wildman–Crippen LogP) is 2.34. The highest BCUT2D eigenvalue weighted by atomic mass is 35.5. The molecule has 0 aliphatic rings. The van der Waals surface area contributed by atoms with Gasteiger partial charge >= 0.3 is 0 Å². The van der Waals surface area contributed by atoms with E-state index < -0.39 is 0 Å². The Morgan fingerprint density at radius 2 is 2.11 bits per heavy atom. The number of anilines is 1. The summed E-state index contributed by atoms with van der Waals surface area (Å²) in [5.74, 6) is -0.221. The lowest BCUT2D eigenvalue weighted by Crippen LogP contribution is -2.16. The maximum atomic E-state index is 12.0. The number of nitrogens with one attached hydrogen (secondary N) is 1. The summed E-state index contributed by atoms with van der Waals surface area (Å²) in [5.41, 5.74) is 2.73. The van der Waals surface area contributed by atoms with Crippen molar-refractivity contribution in [3.8, 4) is 0 Å². The minimum atomic E-state index is -0.221. The predicted molar refractivity (Wildman–Crippen MR) is 69.9 cm³/mol. The zero-order valence-corrected chi connectivity index (χ0v) is 11.1. The molecule has 0 spiro atoms. The third kappa shape index (κ3) is 2.51. The molecule has 2 aromatic rings. The van der Waals surface area contributed by atoms with Gasteiger partial charge in [0.1, 0.15) is 10.8 Å². The standard InChI is InChI=1S/C12H13ClN4O/c1-7-4-9(6-14-11(7)13)15-12(18)10-5-8(2)16-17(10)3/h4-6H,1-3H3,(H,15,18). The van der Waals surface area contributed by atoms with E-state index in [9.17, 15) is 4.79 Å². The molecule has 2 heterocycles. The van der Waals surface area contributed by atoms with Crippen LogP contribution >= 0.6 is 11.6 Å². The second-order valence-electron chi connectivity index (χ2n) is 4.08. The van der Waals surface area contributed by atoms with Crippen molar-refractivity contribution in [1.82, 2.24) is 14.8 Å². The summed E-state index contributed by atoms with van der Waals surface area (Å²) in [6.45, 7) is 3.67. The van der Waals surface area contributed by atoms with Crippen molar-refractivity contribution in [2.45, 2.75) is 13.8 Å². The van der Waals surface area contributed by atoms with Crippen molar-refractivity contribution in [2.75, 3.05) is 5.32 Å². The van der Waals surface area contributed by atoms with Crippen molar-refractivity contribution >= 4 is 23.2 Å². The molecule has 1 amide bonds. The summed E-state index contributed by atoms with van der Waals surface area (Å²) in [5, 5.41) is 7.32. The molecule has 0 fully saturated rings. The maximum Gasteiger partial charge on any atom is 0.273 e. The largest absolute Gasteiger partial charge is 0.319 e. The fourth-order valence-corrected chi connectivity index (χ4v) is 1.75. The minimum Gasteiger partial charge on any atom is -0.319 e. The van der Waals surface area contributed by atoms with Gasteiger partial charge in [-0.1, -0.05) is 11.6 Å². The van der Waals surface area contributed by atoms with E-state index in [4.69, 9.17) is 11.6 Å². The maximum absolute atomic E-state index is 12.0. The molecule has 0 saturated heterocycles. The zero-order valence-electron chi connectivity index (χ0n) is 10.4. The normalized spacial score (nSPS) is 10.4. The number of aromatic nitrogens is 3. The zero-order chi connectivity index (χ0) is 13.3. The van der Waals surface area contributed by atoms with E-state index in [1.807, 2.05) is 13.8 Å². The van der Waals surface area contributed by atoms with Crippen LogP contribution in [0.2, 0.25) is 5.15 Å². The van der Waals surface area contributed by atoms with Crippen molar-refractivity contribution in [3.63, 3.8) is 0 Å². The monoisotopic (exact) mass is 264 g/mol. The van der Waals surface area contributed by atoms with E-state index in [0.717, 1.165) is 11.3 Å². The van der Waals surface area contributed by atoms with Crippen molar-refractivity contribution in [2.24, 2.45) is 7.05 Å². The Balaban J connectivity index is 2.21. The molecule has 2 rings (SSSR count). The number of rotatable bonds is 2. The Bertz CT molecular complexity index is 606. The Morgan fingerprint density at radius 1 is 1.39 bits per heavy atom. The first kappa shape index (κ1) is 12.6. The van der Waals surface area contributed by atoms with Crippen LogP contribution in [-0.2, 0) is 7.05 Å². The van der Waals surface area contributed by atoms with Crippen LogP contribution in [0.3, 0.4) is 0 Å². The fourth-order valence-electron chi connectivity index (χ4n) is 1.64. The third-order valence-electron chi connectivity index (χ3n) is 2.51. The van der Waals surface area contributed by atoms with Crippen molar-refractivity contribution < 1.29 is 4.79 Å². The first-order valence-corrected chi connectivity index (χ1v) is 5.79. The summed E-state index contributed by atoms with van der Waals surface area (Å²) >= 11 is 5.82. The number of carbonyl (C=O) groups excluding carboxylic acids is 1. The highest BCUT2D eigenvalue weighted by Crippen LogP contribution is 2.16. The molecule has 2 aromatic heterocycles. The van der Waals surface area contributed by atoms with Gasteiger partial charge in [0.15, 0.2) is 0 Å².